The van der Waals surface area contributed by atoms with E-state index in [2.05, 4.69) is 10.3 Å². The number of ether oxygens (including phenoxy) is 2. The molecule has 0 bridgehead atoms. The van der Waals surface area contributed by atoms with Gasteiger partial charge < -0.3 is 19.8 Å². The third-order valence-electron chi connectivity index (χ3n) is 4.43. The third-order valence-corrected chi connectivity index (χ3v) is 4.43. The lowest BCUT2D eigenvalue weighted by Gasteiger charge is -2.10. The zero-order chi connectivity index (χ0) is 19.9. The quantitative estimate of drug-likeness (QED) is 0.489. The molecule has 1 heterocycles. The second-order valence-electron chi connectivity index (χ2n) is 6.15. The number of amides is 1. The Morgan fingerprint density at radius 3 is 2.71 bits per heavy atom. The third kappa shape index (κ3) is 4.15. The minimum atomic E-state index is -0.395. The van der Waals surface area contributed by atoms with E-state index in [4.69, 9.17) is 9.47 Å². The second kappa shape index (κ2) is 8.78. The van der Waals surface area contributed by atoms with Gasteiger partial charge in [-0.05, 0) is 36.3 Å². The van der Waals surface area contributed by atoms with E-state index < -0.39 is 5.91 Å². The van der Waals surface area contributed by atoms with E-state index in [1.807, 2.05) is 48.5 Å². The Morgan fingerprint density at radius 2 is 1.96 bits per heavy atom. The Labute approximate surface area is 163 Å². The lowest BCUT2D eigenvalue weighted by atomic mass is 10.1. The van der Waals surface area contributed by atoms with Crippen molar-refractivity contribution < 1.29 is 14.3 Å². The summed E-state index contributed by atoms with van der Waals surface area (Å²) >= 11 is 0. The highest BCUT2D eigenvalue weighted by Crippen LogP contribution is 2.27. The number of hydrogen-bond acceptors (Lipinski definition) is 4. The Balaban J connectivity index is 1.66. The molecule has 3 rings (SSSR count). The highest BCUT2D eigenvalue weighted by atomic mass is 16.5. The first kappa shape index (κ1) is 19.1. The predicted octanol–water partition coefficient (Wildman–Crippen LogP) is 3.45. The van der Waals surface area contributed by atoms with Crippen LogP contribution >= 0.6 is 0 Å². The summed E-state index contributed by atoms with van der Waals surface area (Å²) in [4.78, 5) is 15.5. The lowest BCUT2D eigenvalue weighted by molar-refractivity contribution is -0.117. The van der Waals surface area contributed by atoms with E-state index in [1.54, 1.807) is 26.5 Å². The Morgan fingerprint density at radius 1 is 1.18 bits per heavy atom. The van der Waals surface area contributed by atoms with Crippen molar-refractivity contribution >= 4 is 22.9 Å². The van der Waals surface area contributed by atoms with Crippen LogP contribution in [0.2, 0.25) is 0 Å². The van der Waals surface area contributed by atoms with Gasteiger partial charge in [0.1, 0.15) is 11.6 Å². The van der Waals surface area contributed by atoms with Crippen LogP contribution in [0.25, 0.3) is 17.0 Å². The molecule has 0 aliphatic carbocycles. The van der Waals surface area contributed by atoms with Crippen molar-refractivity contribution in [3.05, 3.63) is 65.4 Å². The topological polar surface area (TPSA) is 87.1 Å². The number of carbonyl (C=O) groups is 1. The molecule has 0 saturated heterocycles. The summed E-state index contributed by atoms with van der Waals surface area (Å²) in [5.41, 5.74) is 2.83. The Bertz CT molecular complexity index is 1060. The number of nitrogens with one attached hydrogen (secondary N) is 2. The van der Waals surface area contributed by atoms with Gasteiger partial charge in [-0.15, -0.1) is 0 Å². The Kier molecular flexibility index (Phi) is 5.97. The molecule has 0 aliphatic heterocycles. The highest BCUT2D eigenvalue weighted by Gasteiger charge is 2.11. The number of nitriles is 1. The molecule has 1 aromatic heterocycles. The van der Waals surface area contributed by atoms with E-state index in [0.29, 0.717) is 24.5 Å². The summed E-state index contributed by atoms with van der Waals surface area (Å²) in [5, 5.41) is 13.2. The predicted molar refractivity (Wildman–Crippen MR) is 108 cm³/mol. The number of benzene rings is 2. The van der Waals surface area contributed by atoms with Gasteiger partial charge in [0, 0.05) is 29.2 Å². The zero-order valence-electron chi connectivity index (χ0n) is 15.8. The van der Waals surface area contributed by atoms with Gasteiger partial charge >= 0.3 is 0 Å². The van der Waals surface area contributed by atoms with Crippen LogP contribution in [0.1, 0.15) is 11.1 Å². The van der Waals surface area contributed by atoms with Gasteiger partial charge in [-0.25, -0.2) is 0 Å². The van der Waals surface area contributed by atoms with Crippen molar-refractivity contribution in [3.8, 4) is 17.6 Å². The summed E-state index contributed by atoms with van der Waals surface area (Å²) in [6.07, 6.45) is 4.00. The molecule has 0 unspecified atom stereocenters. The molecule has 2 aromatic carbocycles. The lowest BCUT2D eigenvalue weighted by Crippen LogP contribution is -2.26. The molecule has 28 heavy (non-hydrogen) atoms. The zero-order valence-corrected chi connectivity index (χ0v) is 15.8. The SMILES string of the molecule is COc1ccc(CCNC(=O)/C(C#N)=C/c2c[nH]c3ccccc23)cc1OC. The standard InChI is InChI=1S/C22H21N3O3/c1-27-20-8-7-15(11-21(20)28-2)9-10-24-22(26)16(13-23)12-17-14-25-19-6-4-3-5-18(17)19/h3-8,11-12,14,25H,9-10H2,1-2H3,(H,24,26)/b16-12+. The second-order valence-corrected chi connectivity index (χ2v) is 6.15. The molecule has 0 spiro atoms. The van der Waals surface area contributed by atoms with E-state index in [1.165, 1.54) is 0 Å². The van der Waals surface area contributed by atoms with E-state index in [0.717, 1.165) is 22.0 Å². The number of carbonyl (C=O) groups excluding carboxylic acids is 1. The van der Waals surface area contributed by atoms with E-state index in [9.17, 15) is 10.1 Å². The molecule has 3 aromatic rings. The molecular formula is C22H21N3O3. The normalized spacial score (nSPS) is 11.1. The smallest absolute Gasteiger partial charge is 0.261 e. The van der Waals surface area contributed by atoms with Crippen molar-refractivity contribution in [2.24, 2.45) is 0 Å². The van der Waals surface area contributed by atoms with Gasteiger partial charge in [0.05, 0.1) is 14.2 Å². The molecule has 2 N–H and O–H groups in total. The number of hydrogen-bond donors (Lipinski definition) is 2. The van der Waals surface area contributed by atoms with Crippen molar-refractivity contribution in [3.63, 3.8) is 0 Å². The first-order valence-electron chi connectivity index (χ1n) is 8.83. The van der Waals surface area contributed by atoms with Crippen LogP contribution in [0.4, 0.5) is 0 Å². The summed E-state index contributed by atoms with van der Waals surface area (Å²) in [6, 6.07) is 15.3. The fraction of sp³-hybridized carbons (Fsp3) is 0.182. The molecular weight excluding hydrogens is 354 g/mol. The van der Waals surface area contributed by atoms with Gasteiger partial charge in [0.15, 0.2) is 11.5 Å². The summed E-state index contributed by atoms with van der Waals surface area (Å²) < 4.78 is 10.5. The number of H-pyrrole nitrogens is 1. The largest absolute Gasteiger partial charge is 0.493 e. The first-order valence-corrected chi connectivity index (χ1v) is 8.83. The van der Waals surface area contributed by atoms with Crippen LogP contribution in [-0.4, -0.2) is 31.7 Å². The summed E-state index contributed by atoms with van der Waals surface area (Å²) in [7, 11) is 3.17. The van der Waals surface area contributed by atoms with Crippen LogP contribution in [0.5, 0.6) is 11.5 Å². The van der Waals surface area contributed by atoms with Gasteiger partial charge in [0.2, 0.25) is 0 Å². The fourth-order valence-electron chi connectivity index (χ4n) is 2.97. The summed E-state index contributed by atoms with van der Waals surface area (Å²) in [6.45, 7) is 0.404. The highest BCUT2D eigenvalue weighted by molar-refractivity contribution is 6.03. The van der Waals surface area contributed by atoms with Gasteiger partial charge in [0.25, 0.3) is 5.91 Å². The van der Waals surface area contributed by atoms with Crippen LogP contribution in [0.15, 0.2) is 54.2 Å². The molecule has 0 aliphatic rings. The number of aromatic amines is 1. The molecule has 6 nitrogen and oxygen atoms in total. The summed E-state index contributed by atoms with van der Waals surface area (Å²) in [5.74, 6) is 0.903. The molecule has 1 amide bonds. The number of nitrogens with zero attached hydrogens (tertiary/aromatic N) is 1. The van der Waals surface area contributed by atoms with Crippen LogP contribution < -0.4 is 14.8 Å². The maximum absolute atomic E-state index is 12.4. The number of aromatic nitrogens is 1. The van der Waals surface area contributed by atoms with Gasteiger partial charge in [-0.1, -0.05) is 24.3 Å². The molecule has 0 atom stereocenters. The number of para-hydroxylation sites is 1. The molecule has 0 saturated carbocycles. The van der Waals surface area contributed by atoms with Gasteiger partial charge in [-0.3, -0.25) is 4.79 Å². The van der Waals surface area contributed by atoms with Crippen molar-refractivity contribution in [2.75, 3.05) is 20.8 Å². The van der Waals surface area contributed by atoms with Crippen molar-refractivity contribution in [2.45, 2.75) is 6.42 Å². The average molecular weight is 375 g/mol. The number of rotatable bonds is 7. The van der Waals surface area contributed by atoms with Crippen molar-refractivity contribution in [1.82, 2.24) is 10.3 Å². The maximum Gasteiger partial charge on any atom is 0.261 e. The number of methoxy groups -OCH3 is 2. The number of fused-ring (bicyclic) bond motifs is 1. The van der Waals surface area contributed by atoms with Crippen LogP contribution in [0, 0.1) is 11.3 Å². The molecule has 0 radical (unpaired) electrons. The molecule has 0 fully saturated rings. The van der Waals surface area contributed by atoms with Crippen LogP contribution in [0.3, 0.4) is 0 Å². The average Bonchev–Trinajstić information content (AvgIpc) is 3.14. The minimum Gasteiger partial charge on any atom is -0.493 e. The van der Waals surface area contributed by atoms with Crippen molar-refractivity contribution in [1.29, 1.82) is 5.26 Å². The molecule has 142 valence electrons. The monoisotopic (exact) mass is 375 g/mol. The van der Waals surface area contributed by atoms with Crippen LogP contribution in [-0.2, 0) is 11.2 Å². The first-order chi connectivity index (χ1) is 13.7. The van der Waals surface area contributed by atoms with E-state index >= 15 is 0 Å². The fourth-order valence-corrected chi connectivity index (χ4v) is 2.97. The Hall–Kier alpha value is -3.72. The molecule has 6 heteroatoms. The van der Waals surface area contributed by atoms with E-state index in [-0.39, 0.29) is 5.57 Å². The minimum absolute atomic E-state index is 0.0667. The van der Waals surface area contributed by atoms with Gasteiger partial charge in [-0.2, -0.15) is 5.26 Å². The maximum atomic E-state index is 12.4.